The summed E-state index contributed by atoms with van der Waals surface area (Å²) in [5.74, 6) is 0. The molecule has 0 aliphatic carbocycles. The van der Waals surface area contributed by atoms with Crippen molar-refractivity contribution >= 4 is 54.6 Å². The van der Waals surface area contributed by atoms with E-state index in [1.54, 1.807) is 31.2 Å². The molecule has 1 aromatic heterocycles. The molecule has 0 aliphatic heterocycles. The molecule has 0 atom stereocenters. The Morgan fingerprint density at radius 3 is 2.71 bits per heavy atom. The number of thiophene rings is 1. The van der Waals surface area contributed by atoms with E-state index in [-0.39, 0.29) is 4.90 Å². The van der Waals surface area contributed by atoms with Crippen molar-refractivity contribution in [1.29, 1.82) is 0 Å². The molecule has 114 valence electrons. The zero-order chi connectivity index (χ0) is 15.6. The lowest BCUT2D eigenvalue weighted by Gasteiger charge is -2.09. The van der Waals surface area contributed by atoms with Gasteiger partial charge in [0.25, 0.3) is 10.0 Å². The van der Waals surface area contributed by atoms with Crippen LogP contribution in [0.1, 0.15) is 9.75 Å². The van der Waals surface area contributed by atoms with E-state index in [2.05, 4.69) is 26.0 Å². The summed E-state index contributed by atoms with van der Waals surface area (Å²) < 4.78 is 28.3. The molecule has 21 heavy (non-hydrogen) atoms. The van der Waals surface area contributed by atoms with E-state index in [4.69, 9.17) is 11.6 Å². The van der Waals surface area contributed by atoms with E-state index in [0.29, 0.717) is 17.3 Å². The van der Waals surface area contributed by atoms with Gasteiger partial charge in [0.2, 0.25) is 0 Å². The number of nitrogens with one attached hydrogen (secondary N) is 2. The van der Waals surface area contributed by atoms with Crippen molar-refractivity contribution in [3.63, 3.8) is 0 Å². The normalized spacial score (nSPS) is 11.6. The molecule has 0 fully saturated rings. The Kier molecular flexibility index (Phi) is 5.32. The fourth-order valence-electron chi connectivity index (χ4n) is 1.83. The fourth-order valence-corrected chi connectivity index (χ4v) is 5.13. The minimum Gasteiger partial charge on any atom is -0.315 e. The van der Waals surface area contributed by atoms with Crippen LogP contribution in [0.3, 0.4) is 0 Å². The molecule has 0 saturated heterocycles. The predicted molar refractivity (Wildman–Crippen MR) is 91.8 cm³/mol. The molecular weight excluding hydrogens is 396 g/mol. The highest BCUT2D eigenvalue weighted by Gasteiger charge is 2.21. The van der Waals surface area contributed by atoms with Gasteiger partial charge in [-0.05, 0) is 38.2 Å². The fraction of sp³-hybridized carbons (Fsp3) is 0.231. The standard InChI is InChI=1S/C13H14BrClN2O2S2/c1-8-13(6-10(20-8)7-16-2)21(18,19)17-12-5-9(14)3-4-11(12)15/h3-6,16-17H,7H2,1-2H3. The summed E-state index contributed by atoms with van der Waals surface area (Å²) in [4.78, 5) is 2.00. The maximum atomic E-state index is 12.5. The molecule has 0 aliphatic rings. The average molecular weight is 410 g/mol. The highest BCUT2D eigenvalue weighted by molar-refractivity contribution is 9.10. The van der Waals surface area contributed by atoms with Gasteiger partial charge in [-0.25, -0.2) is 8.42 Å². The molecule has 0 bridgehead atoms. The number of benzene rings is 1. The van der Waals surface area contributed by atoms with Gasteiger partial charge < -0.3 is 5.32 Å². The van der Waals surface area contributed by atoms with Crippen LogP contribution in [0.5, 0.6) is 0 Å². The van der Waals surface area contributed by atoms with Gasteiger partial charge in [0.15, 0.2) is 0 Å². The van der Waals surface area contributed by atoms with Crippen LogP contribution in [0.2, 0.25) is 5.02 Å². The Labute approximate surface area is 141 Å². The van der Waals surface area contributed by atoms with Gasteiger partial charge in [-0.3, -0.25) is 4.72 Å². The zero-order valence-electron chi connectivity index (χ0n) is 11.4. The maximum Gasteiger partial charge on any atom is 0.263 e. The second-order valence-corrected chi connectivity index (χ2v) is 8.71. The summed E-state index contributed by atoms with van der Waals surface area (Å²) >= 11 is 10.8. The molecule has 8 heteroatoms. The van der Waals surface area contributed by atoms with Crippen molar-refractivity contribution in [1.82, 2.24) is 5.32 Å². The monoisotopic (exact) mass is 408 g/mol. The van der Waals surface area contributed by atoms with Crippen molar-refractivity contribution < 1.29 is 8.42 Å². The minimum absolute atomic E-state index is 0.286. The van der Waals surface area contributed by atoms with E-state index in [1.807, 2.05) is 7.05 Å². The highest BCUT2D eigenvalue weighted by atomic mass is 79.9. The second-order valence-electron chi connectivity index (χ2n) is 4.39. The van der Waals surface area contributed by atoms with Crippen molar-refractivity contribution in [3.05, 3.63) is 43.5 Å². The SMILES string of the molecule is CNCc1cc(S(=O)(=O)Nc2cc(Br)ccc2Cl)c(C)s1. The van der Waals surface area contributed by atoms with Crippen molar-refractivity contribution in [2.75, 3.05) is 11.8 Å². The number of halogens is 2. The first-order chi connectivity index (χ1) is 9.83. The number of hydrogen-bond donors (Lipinski definition) is 2. The van der Waals surface area contributed by atoms with Gasteiger partial charge in [-0.1, -0.05) is 27.5 Å². The topological polar surface area (TPSA) is 58.2 Å². The van der Waals surface area contributed by atoms with Gasteiger partial charge in [0, 0.05) is 20.8 Å². The number of anilines is 1. The summed E-state index contributed by atoms with van der Waals surface area (Å²) in [6.45, 7) is 2.43. The molecule has 2 aromatic rings. The summed E-state index contributed by atoms with van der Waals surface area (Å²) in [6.07, 6.45) is 0. The molecule has 2 N–H and O–H groups in total. The maximum absolute atomic E-state index is 12.5. The summed E-state index contributed by atoms with van der Waals surface area (Å²) in [7, 11) is -1.83. The van der Waals surface area contributed by atoms with Gasteiger partial charge in [0.05, 0.1) is 10.7 Å². The first kappa shape index (κ1) is 16.8. The van der Waals surface area contributed by atoms with E-state index in [9.17, 15) is 8.42 Å². The van der Waals surface area contributed by atoms with E-state index in [1.165, 1.54) is 11.3 Å². The van der Waals surface area contributed by atoms with Crippen LogP contribution < -0.4 is 10.0 Å². The van der Waals surface area contributed by atoms with Gasteiger partial charge in [-0.2, -0.15) is 0 Å². The van der Waals surface area contributed by atoms with Crippen LogP contribution in [0.25, 0.3) is 0 Å². The Hall–Kier alpha value is -0.600. The molecular formula is C13H14BrClN2O2S2. The average Bonchev–Trinajstić information content (AvgIpc) is 2.76. The van der Waals surface area contributed by atoms with E-state index in [0.717, 1.165) is 14.2 Å². The Morgan fingerprint density at radius 1 is 1.33 bits per heavy atom. The third kappa shape index (κ3) is 3.98. The van der Waals surface area contributed by atoms with E-state index >= 15 is 0 Å². The minimum atomic E-state index is -3.65. The van der Waals surface area contributed by atoms with Crippen molar-refractivity contribution in [2.45, 2.75) is 18.4 Å². The third-order valence-corrected chi connectivity index (χ3v) is 6.23. The zero-order valence-corrected chi connectivity index (χ0v) is 15.4. The highest BCUT2D eigenvalue weighted by Crippen LogP contribution is 2.31. The second kappa shape index (κ2) is 6.66. The smallest absolute Gasteiger partial charge is 0.263 e. The summed E-state index contributed by atoms with van der Waals surface area (Å²) in [5.41, 5.74) is 0.354. The Bertz CT molecular complexity index is 760. The quantitative estimate of drug-likeness (QED) is 0.785. The summed E-state index contributed by atoms with van der Waals surface area (Å²) in [6, 6.07) is 6.71. The molecule has 1 aromatic carbocycles. The van der Waals surface area contributed by atoms with Crippen molar-refractivity contribution in [2.24, 2.45) is 0 Å². The first-order valence-electron chi connectivity index (χ1n) is 6.05. The number of aryl methyl sites for hydroxylation is 1. The molecule has 0 spiro atoms. The van der Waals surface area contributed by atoms with Gasteiger partial charge in [-0.15, -0.1) is 11.3 Å². The van der Waals surface area contributed by atoms with E-state index < -0.39 is 10.0 Å². The van der Waals surface area contributed by atoms with Crippen LogP contribution in [-0.4, -0.2) is 15.5 Å². The molecule has 1 heterocycles. The first-order valence-corrected chi connectivity index (χ1v) is 9.52. The number of sulfonamides is 1. The molecule has 0 amide bonds. The molecule has 4 nitrogen and oxygen atoms in total. The largest absolute Gasteiger partial charge is 0.315 e. The van der Waals surface area contributed by atoms with Gasteiger partial charge in [0.1, 0.15) is 4.90 Å². The van der Waals surface area contributed by atoms with Crippen LogP contribution in [0, 0.1) is 6.92 Å². The molecule has 2 rings (SSSR count). The van der Waals surface area contributed by atoms with Crippen molar-refractivity contribution in [3.8, 4) is 0 Å². The molecule has 0 unspecified atom stereocenters. The lowest BCUT2D eigenvalue weighted by atomic mass is 10.3. The predicted octanol–water partition coefficient (Wildman–Crippen LogP) is 3.99. The number of hydrogen-bond acceptors (Lipinski definition) is 4. The lowest BCUT2D eigenvalue weighted by molar-refractivity contribution is 0.601. The Balaban J connectivity index is 2.36. The Morgan fingerprint density at radius 2 is 2.05 bits per heavy atom. The summed E-state index contributed by atoms with van der Waals surface area (Å²) in [5, 5.41) is 3.36. The molecule has 0 saturated carbocycles. The molecule has 0 radical (unpaired) electrons. The lowest BCUT2D eigenvalue weighted by Crippen LogP contribution is -2.13. The number of rotatable bonds is 5. The van der Waals surface area contributed by atoms with Crippen LogP contribution >= 0.6 is 38.9 Å². The van der Waals surface area contributed by atoms with Crippen LogP contribution in [0.4, 0.5) is 5.69 Å². The van der Waals surface area contributed by atoms with Crippen LogP contribution in [-0.2, 0) is 16.6 Å². The van der Waals surface area contributed by atoms with Crippen LogP contribution in [0.15, 0.2) is 33.6 Å². The van der Waals surface area contributed by atoms with Gasteiger partial charge >= 0.3 is 0 Å². The third-order valence-electron chi connectivity index (χ3n) is 2.74.